The number of benzene rings is 1. The number of nitrogens with one attached hydrogen (secondary N) is 1. The van der Waals surface area contributed by atoms with Crippen LogP contribution < -0.4 is 5.32 Å². The number of anilines is 1. The van der Waals surface area contributed by atoms with E-state index in [1.807, 2.05) is 24.3 Å². The molecule has 0 saturated heterocycles. The Morgan fingerprint density at radius 3 is 3.06 bits per heavy atom. The average molecular weight is 254 g/mol. The fourth-order valence-electron chi connectivity index (χ4n) is 1.27. The number of nitrogens with zero attached hydrogens (tertiary/aromatic N) is 2. The highest BCUT2D eigenvalue weighted by Crippen LogP contribution is 2.23. The highest BCUT2D eigenvalue weighted by molar-refractivity contribution is 7.09. The molecule has 1 N–H and O–H groups in total. The van der Waals surface area contributed by atoms with E-state index < -0.39 is 0 Å². The third-order valence-electron chi connectivity index (χ3n) is 2.04. The molecule has 16 heavy (non-hydrogen) atoms. The number of halogens is 1. The second-order valence-electron chi connectivity index (χ2n) is 3.36. The summed E-state index contributed by atoms with van der Waals surface area (Å²) in [4.78, 5) is 4.40. The van der Waals surface area contributed by atoms with Crippen LogP contribution >= 0.6 is 23.1 Å². The van der Waals surface area contributed by atoms with Crippen molar-refractivity contribution >= 4 is 28.3 Å². The molecule has 0 radical (unpaired) electrons. The van der Waals surface area contributed by atoms with Crippen LogP contribution in [-0.4, -0.2) is 15.9 Å². The van der Waals surface area contributed by atoms with Crippen molar-refractivity contribution in [3.63, 3.8) is 0 Å². The number of aromatic nitrogens is 2. The van der Waals surface area contributed by atoms with Gasteiger partial charge < -0.3 is 5.32 Å². The van der Waals surface area contributed by atoms with Crippen molar-refractivity contribution in [3.05, 3.63) is 29.3 Å². The van der Waals surface area contributed by atoms with Crippen molar-refractivity contribution in [1.82, 2.24) is 9.36 Å². The molecule has 0 amide bonds. The summed E-state index contributed by atoms with van der Waals surface area (Å²) < 4.78 is 4.29. The van der Waals surface area contributed by atoms with E-state index >= 15 is 0 Å². The lowest BCUT2D eigenvalue weighted by atomic mass is 10.2. The first-order valence-electron chi connectivity index (χ1n) is 5.13. The highest BCUT2D eigenvalue weighted by atomic mass is 35.5. The van der Waals surface area contributed by atoms with Crippen LogP contribution in [0.5, 0.6) is 0 Å². The molecular formula is C11H12ClN3S. The number of hydrogen-bond acceptors (Lipinski definition) is 4. The zero-order valence-corrected chi connectivity index (χ0v) is 10.5. The standard InChI is InChI=1S/C11H12ClN3S/c1-2-6-13-11-14-10(15-16-11)8-4-3-5-9(12)7-8/h3-5,7H,2,6H2,1H3,(H,13,14,15). The van der Waals surface area contributed by atoms with Gasteiger partial charge in [0.2, 0.25) is 5.13 Å². The summed E-state index contributed by atoms with van der Waals surface area (Å²) in [7, 11) is 0. The molecule has 0 saturated carbocycles. The van der Waals surface area contributed by atoms with Crippen LogP contribution in [0.15, 0.2) is 24.3 Å². The largest absolute Gasteiger partial charge is 0.360 e. The number of rotatable bonds is 4. The Labute approximate surface area is 104 Å². The lowest BCUT2D eigenvalue weighted by Gasteiger charge is -1.97. The molecule has 0 bridgehead atoms. The maximum absolute atomic E-state index is 5.92. The summed E-state index contributed by atoms with van der Waals surface area (Å²) in [6, 6.07) is 7.57. The van der Waals surface area contributed by atoms with Gasteiger partial charge in [-0.05, 0) is 18.6 Å². The lowest BCUT2D eigenvalue weighted by Crippen LogP contribution is -1.98. The van der Waals surface area contributed by atoms with E-state index in [2.05, 4.69) is 21.6 Å². The van der Waals surface area contributed by atoms with Crippen molar-refractivity contribution in [2.45, 2.75) is 13.3 Å². The highest BCUT2D eigenvalue weighted by Gasteiger charge is 2.05. The van der Waals surface area contributed by atoms with Gasteiger partial charge in [-0.1, -0.05) is 30.7 Å². The van der Waals surface area contributed by atoms with E-state index in [0.29, 0.717) is 5.02 Å². The fraction of sp³-hybridized carbons (Fsp3) is 0.273. The van der Waals surface area contributed by atoms with Crippen LogP contribution in [0.4, 0.5) is 5.13 Å². The van der Waals surface area contributed by atoms with E-state index in [-0.39, 0.29) is 0 Å². The molecule has 5 heteroatoms. The summed E-state index contributed by atoms with van der Waals surface area (Å²) in [5.74, 6) is 0.728. The fourth-order valence-corrected chi connectivity index (χ4v) is 2.08. The second kappa shape index (κ2) is 5.27. The zero-order valence-electron chi connectivity index (χ0n) is 8.90. The van der Waals surface area contributed by atoms with Crippen LogP contribution in [0.25, 0.3) is 11.4 Å². The Balaban J connectivity index is 2.18. The molecule has 1 heterocycles. The Morgan fingerprint density at radius 2 is 2.31 bits per heavy atom. The van der Waals surface area contributed by atoms with Crippen molar-refractivity contribution < 1.29 is 0 Å². The monoisotopic (exact) mass is 253 g/mol. The maximum Gasteiger partial charge on any atom is 0.202 e. The first-order chi connectivity index (χ1) is 7.79. The maximum atomic E-state index is 5.92. The molecule has 2 rings (SSSR count). The smallest absolute Gasteiger partial charge is 0.202 e. The molecular weight excluding hydrogens is 242 g/mol. The van der Waals surface area contributed by atoms with E-state index in [4.69, 9.17) is 11.6 Å². The summed E-state index contributed by atoms with van der Waals surface area (Å²) in [5.41, 5.74) is 0.952. The van der Waals surface area contributed by atoms with Gasteiger partial charge in [-0.3, -0.25) is 0 Å². The van der Waals surface area contributed by atoms with Crippen LogP contribution in [-0.2, 0) is 0 Å². The summed E-state index contributed by atoms with van der Waals surface area (Å²) >= 11 is 7.29. The van der Waals surface area contributed by atoms with Gasteiger partial charge in [-0.2, -0.15) is 9.36 Å². The third-order valence-corrected chi connectivity index (χ3v) is 2.94. The molecule has 84 valence electrons. The van der Waals surface area contributed by atoms with Gasteiger partial charge in [0.05, 0.1) is 0 Å². The molecule has 2 aromatic rings. The topological polar surface area (TPSA) is 37.8 Å². The Kier molecular flexibility index (Phi) is 3.74. The first-order valence-corrected chi connectivity index (χ1v) is 6.28. The van der Waals surface area contributed by atoms with Gasteiger partial charge >= 0.3 is 0 Å². The van der Waals surface area contributed by atoms with E-state index in [1.165, 1.54) is 11.5 Å². The molecule has 0 atom stereocenters. The van der Waals surface area contributed by atoms with Crippen molar-refractivity contribution in [2.24, 2.45) is 0 Å². The minimum Gasteiger partial charge on any atom is -0.360 e. The van der Waals surface area contributed by atoms with Gasteiger partial charge in [-0.15, -0.1) is 0 Å². The molecule has 0 aliphatic rings. The second-order valence-corrected chi connectivity index (χ2v) is 4.55. The van der Waals surface area contributed by atoms with Gasteiger partial charge in [0.1, 0.15) is 0 Å². The Morgan fingerprint density at radius 1 is 1.44 bits per heavy atom. The molecule has 1 aromatic heterocycles. The molecule has 0 unspecified atom stereocenters. The van der Waals surface area contributed by atoms with E-state index in [9.17, 15) is 0 Å². The van der Waals surface area contributed by atoms with Crippen molar-refractivity contribution in [2.75, 3.05) is 11.9 Å². The predicted octanol–water partition coefficient (Wildman–Crippen LogP) is 3.68. The summed E-state index contributed by atoms with van der Waals surface area (Å²) in [6.07, 6.45) is 1.08. The van der Waals surface area contributed by atoms with Crippen molar-refractivity contribution in [1.29, 1.82) is 0 Å². The number of hydrogen-bond donors (Lipinski definition) is 1. The predicted molar refractivity (Wildman–Crippen MR) is 69.1 cm³/mol. The van der Waals surface area contributed by atoms with Gasteiger partial charge in [0.15, 0.2) is 5.82 Å². The van der Waals surface area contributed by atoms with E-state index in [0.717, 1.165) is 29.5 Å². The molecule has 0 aliphatic heterocycles. The molecule has 3 nitrogen and oxygen atoms in total. The first kappa shape index (κ1) is 11.4. The van der Waals surface area contributed by atoms with Crippen LogP contribution in [0.2, 0.25) is 5.02 Å². The van der Waals surface area contributed by atoms with Gasteiger partial charge in [0.25, 0.3) is 0 Å². The quantitative estimate of drug-likeness (QED) is 0.903. The third kappa shape index (κ3) is 2.71. The molecule has 0 spiro atoms. The van der Waals surface area contributed by atoms with E-state index in [1.54, 1.807) is 0 Å². The minimum atomic E-state index is 0.704. The van der Waals surface area contributed by atoms with Crippen LogP contribution in [0.1, 0.15) is 13.3 Å². The van der Waals surface area contributed by atoms with Gasteiger partial charge in [0, 0.05) is 28.7 Å². The zero-order chi connectivity index (χ0) is 11.4. The minimum absolute atomic E-state index is 0.704. The normalized spacial score (nSPS) is 10.4. The molecule has 0 fully saturated rings. The Bertz CT molecular complexity index is 470. The SMILES string of the molecule is CCCNc1nc(-c2cccc(Cl)c2)ns1. The average Bonchev–Trinajstić information content (AvgIpc) is 2.75. The molecule has 1 aromatic carbocycles. The Hall–Kier alpha value is -1.13. The summed E-state index contributed by atoms with van der Waals surface area (Å²) in [6.45, 7) is 3.04. The van der Waals surface area contributed by atoms with Crippen molar-refractivity contribution in [3.8, 4) is 11.4 Å². The molecule has 0 aliphatic carbocycles. The van der Waals surface area contributed by atoms with Crippen LogP contribution in [0, 0.1) is 0 Å². The van der Waals surface area contributed by atoms with Crippen LogP contribution in [0.3, 0.4) is 0 Å². The summed E-state index contributed by atoms with van der Waals surface area (Å²) in [5, 5.41) is 4.77. The van der Waals surface area contributed by atoms with Gasteiger partial charge in [-0.25, -0.2) is 0 Å². The lowest BCUT2D eigenvalue weighted by molar-refractivity contribution is 0.976.